The van der Waals surface area contributed by atoms with Gasteiger partial charge in [0.15, 0.2) is 0 Å². The summed E-state index contributed by atoms with van der Waals surface area (Å²) in [6, 6.07) is 0.712. The summed E-state index contributed by atoms with van der Waals surface area (Å²) in [7, 11) is 5.78. The lowest BCUT2D eigenvalue weighted by molar-refractivity contribution is 0.109. The van der Waals surface area contributed by atoms with Crippen molar-refractivity contribution >= 4 is 9.84 Å². The minimum Gasteiger partial charge on any atom is -0.309 e. The van der Waals surface area contributed by atoms with E-state index in [1.807, 2.05) is 7.05 Å². The molecule has 0 aliphatic heterocycles. The molecule has 0 aromatic heterocycles. The van der Waals surface area contributed by atoms with Crippen LogP contribution in [-0.4, -0.2) is 95.5 Å². The second-order valence-corrected chi connectivity index (χ2v) is 10.6. The molecule has 0 bridgehead atoms. The van der Waals surface area contributed by atoms with Crippen molar-refractivity contribution in [3.63, 3.8) is 0 Å². The van der Waals surface area contributed by atoms with Crippen LogP contribution in [-0.2, 0) is 9.84 Å². The number of nitrogens with zero attached hydrogens (tertiary/aromatic N) is 3. The van der Waals surface area contributed by atoms with E-state index in [0.29, 0.717) is 12.6 Å². The summed E-state index contributed by atoms with van der Waals surface area (Å²) in [5.74, 6) is 2.78. The molecule has 2 aliphatic rings. The summed E-state index contributed by atoms with van der Waals surface area (Å²) < 4.78 is 22.5. The summed E-state index contributed by atoms with van der Waals surface area (Å²) in [6.45, 7) is 4.15. The van der Waals surface area contributed by atoms with Gasteiger partial charge in [-0.15, -0.1) is 0 Å². The van der Waals surface area contributed by atoms with Crippen molar-refractivity contribution in [1.82, 2.24) is 14.7 Å². The lowest BCUT2D eigenvalue weighted by Gasteiger charge is -2.39. The third kappa shape index (κ3) is 6.69. The fraction of sp³-hybridized carbons (Fsp3) is 1.00. The van der Waals surface area contributed by atoms with Crippen molar-refractivity contribution in [1.29, 1.82) is 0 Å². The molecule has 2 atom stereocenters. The maximum atomic E-state index is 11.2. The van der Waals surface area contributed by atoms with Crippen molar-refractivity contribution in [2.45, 2.75) is 25.3 Å². The van der Waals surface area contributed by atoms with Gasteiger partial charge in [-0.05, 0) is 65.2 Å². The van der Waals surface area contributed by atoms with E-state index < -0.39 is 9.84 Å². The van der Waals surface area contributed by atoms with Crippen LogP contribution < -0.4 is 0 Å². The Hall–Kier alpha value is -0.170. The Morgan fingerprint density at radius 1 is 0.913 bits per heavy atom. The molecule has 136 valence electrons. The second-order valence-electron chi connectivity index (χ2n) is 8.36. The van der Waals surface area contributed by atoms with Crippen molar-refractivity contribution in [3.05, 3.63) is 0 Å². The predicted octanol–water partition coefficient (Wildman–Crippen LogP) is 0.871. The molecule has 0 aromatic carbocycles. The van der Waals surface area contributed by atoms with Crippen molar-refractivity contribution < 1.29 is 8.42 Å². The van der Waals surface area contributed by atoms with Gasteiger partial charge in [0.25, 0.3) is 0 Å². The fourth-order valence-electron chi connectivity index (χ4n) is 4.01. The van der Waals surface area contributed by atoms with Gasteiger partial charge in [0.1, 0.15) is 9.84 Å². The highest BCUT2D eigenvalue weighted by Gasteiger charge is 2.42. The molecule has 5 nitrogen and oxygen atoms in total. The van der Waals surface area contributed by atoms with Gasteiger partial charge in [-0.3, -0.25) is 0 Å². The molecule has 2 unspecified atom stereocenters. The van der Waals surface area contributed by atoms with Crippen LogP contribution in [0.3, 0.4) is 0 Å². The van der Waals surface area contributed by atoms with E-state index in [2.05, 4.69) is 35.8 Å². The van der Waals surface area contributed by atoms with Crippen LogP contribution >= 0.6 is 0 Å². The first-order chi connectivity index (χ1) is 10.6. The lowest BCUT2D eigenvalue weighted by Crippen LogP contribution is -2.39. The molecule has 0 amide bonds. The zero-order valence-electron chi connectivity index (χ0n) is 15.5. The van der Waals surface area contributed by atoms with E-state index in [0.717, 1.165) is 24.3 Å². The zero-order chi connectivity index (χ0) is 17.2. The molecule has 2 fully saturated rings. The summed E-state index contributed by atoms with van der Waals surface area (Å²) in [4.78, 5) is 7.02. The summed E-state index contributed by atoms with van der Waals surface area (Å²) in [5, 5.41) is 0. The Morgan fingerprint density at radius 2 is 1.52 bits per heavy atom. The van der Waals surface area contributed by atoms with Gasteiger partial charge in [0.05, 0.1) is 5.75 Å². The standard InChI is InChI=1S/C17H35N3O2S/c1-18(2)11-14-8-15(9-14)12-20(4)17-10-16(17)13-19(3)6-7-23(5,21)22/h14-17H,6-13H2,1-5H3. The van der Waals surface area contributed by atoms with E-state index in [9.17, 15) is 8.42 Å². The number of hydrogen-bond acceptors (Lipinski definition) is 5. The van der Waals surface area contributed by atoms with E-state index in [1.165, 1.54) is 38.6 Å². The average molecular weight is 346 g/mol. The highest BCUT2D eigenvalue weighted by atomic mass is 32.2. The van der Waals surface area contributed by atoms with Gasteiger partial charge < -0.3 is 14.7 Å². The average Bonchev–Trinajstić information content (AvgIpc) is 3.11. The Kier molecular flexibility index (Phi) is 6.50. The largest absolute Gasteiger partial charge is 0.309 e. The molecular weight excluding hydrogens is 310 g/mol. The predicted molar refractivity (Wildman–Crippen MR) is 96.5 cm³/mol. The molecule has 0 heterocycles. The van der Waals surface area contributed by atoms with Crippen LogP contribution in [0.5, 0.6) is 0 Å². The maximum absolute atomic E-state index is 11.2. The van der Waals surface area contributed by atoms with E-state index in [4.69, 9.17) is 0 Å². The van der Waals surface area contributed by atoms with Gasteiger partial charge in [-0.2, -0.15) is 0 Å². The topological polar surface area (TPSA) is 43.9 Å². The van der Waals surface area contributed by atoms with Crippen molar-refractivity contribution in [3.8, 4) is 0 Å². The minimum absolute atomic E-state index is 0.270. The third-order valence-electron chi connectivity index (χ3n) is 5.34. The molecule has 2 aliphatic carbocycles. The van der Waals surface area contributed by atoms with Crippen LogP contribution in [0.2, 0.25) is 0 Å². The van der Waals surface area contributed by atoms with E-state index in [1.54, 1.807) is 0 Å². The maximum Gasteiger partial charge on any atom is 0.148 e. The summed E-state index contributed by atoms with van der Waals surface area (Å²) in [5.41, 5.74) is 0. The highest BCUT2D eigenvalue weighted by molar-refractivity contribution is 7.90. The van der Waals surface area contributed by atoms with Crippen LogP contribution in [0.15, 0.2) is 0 Å². The first-order valence-corrected chi connectivity index (χ1v) is 10.9. The van der Waals surface area contributed by atoms with Crippen molar-refractivity contribution in [2.24, 2.45) is 17.8 Å². The molecule has 23 heavy (non-hydrogen) atoms. The Bertz CT molecular complexity index is 474. The third-order valence-corrected chi connectivity index (χ3v) is 6.27. The van der Waals surface area contributed by atoms with Crippen LogP contribution in [0, 0.1) is 17.8 Å². The molecule has 0 aromatic rings. The molecule has 0 spiro atoms. The number of hydrogen-bond donors (Lipinski definition) is 0. The van der Waals surface area contributed by atoms with Crippen LogP contribution in [0.1, 0.15) is 19.3 Å². The van der Waals surface area contributed by atoms with Gasteiger partial charge in [0.2, 0.25) is 0 Å². The summed E-state index contributed by atoms with van der Waals surface area (Å²) >= 11 is 0. The number of sulfone groups is 1. The van der Waals surface area contributed by atoms with E-state index >= 15 is 0 Å². The van der Waals surface area contributed by atoms with Gasteiger partial charge in [-0.1, -0.05) is 0 Å². The first kappa shape index (κ1) is 19.2. The first-order valence-electron chi connectivity index (χ1n) is 8.85. The Balaban J connectivity index is 1.59. The highest BCUT2D eigenvalue weighted by Crippen LogP contribution is 2.39. The zero-order valence-corrected chi connectivity index (χ0v) is 16.3. The van der Waals surface area contributed by atoms with Crippen LogP contribution in [0.4, 0.5) is 0 Å². The van der Waals surface area contributed by atoms with Crippen LogP contribution in [0.25, 0.3) is 0 Å². The Labute approximate surface area is 142 Å². The second kappa shape index (κ2) is 7.81. The van der Waals surface area contributed by atoms with Crippen molar-refractivity contribution in [2.75, 3.05) is 66.4 Å². The normalized spacial score (nSPS) is 31.0. The molecule has 2 saturated carbocycles. The lowest BCUT2D eigenvalue weighted by atomic mass is 9.74. The smallest absolute Gasteiger partial charge is 0.148 e. The molecule has 0 N–H and O–H groups in total. The van der Waals surface area contributed by atoms with E-state index in [-0.39, 0.29) is 5.75 Å². The number of rotatable bonds is 10. The molecule has 0 radical (unpaired) electrons. The van der Waals surface area contributed by atoms with Gasteiger partial charge in [-0.25, -0.2) is 8.42 Å². The molecule has 0 saturated heterocycles. The molecule has 6 heteroatoms. The SMILES string of the molecule is CN(C)CC1CC(CN(C)C2CC2CN(C)CCS(C)(=O)=O)C1. The van der Waals surface area contributed by atoms with Gasteiger partial charge in [0, 0.05) is 38.5 Å². The fourth-order valence-corrected chi connectivity index (χ4v) is 4.66. The quantitative estimate of drug-likeness (QED) is 0.588. The Morgan fingerprint density at radius 3 is 2.09 bits per heavy atom. The molecular formula is C17H35N3O2S. The molecule has 2 rings (SSSR count). The minimum atomic E-state index is -2.85. The summed E-state index contributed by atoms with van der Waals surface area (Å²) in [6.07, 6.45) is 5.35. The monoisotopic (exact) mass is 345 g/mol. The van der Waals surface area contributed by atoms with Gasteiger partial charge >= 0.3 is 0 Å².